The van der Waals surface area contributed by atoms with Crippen molar-refractivity contribution in [2.75, 3.05) is 0 Å². The third-order valence-electron chi connectivity index (χ3n) is 2.74. The molecule has 0 aromatic carbocycles. The van der Waals surface area contributed by atoms with Crippen LogP contribution < -0.4 is 0 Å². The number of hydrogen-bond donors (Lipinski definition) is 0. The van der Waals surface area contributed by atoms with Gasteiger partial charge in [-0.25, -0.2) is 0 Å². The number of allylic oxidation sites excluding steroid dienone is 4. The van der Waals surface area contributed by atoms with Crippen LogP contribution in [0.25, 0.3) is 0 Å². The largest absolute Gasteiger partial charge is 0.0885 e. The average molecular weight is 178 g/mol. The molecule has 0 spiro atoms. The normalized spacial score (nSPS) is 22.7. The Morgan fingerprint density at radius 2 is 2.08 bits per heavy atom. The zero-order chi connectivity index (χ0) is 9.36. The Balaban J connectivity index is 2.01. The highest BCUT2D eigenvalue weighted by atomic mass is 14.1. The van der Waals surface area contributed by atoms with Crippen molar-refractivity contribution in [2.45, 2.75) is 51.9 Å². The van der Waals surface area contributed by atoms with Crippen molar-refractivity contribution in [1.82, 2.24) is 0 Å². The van der Waals surface area contributed by atoms with Crippen molar-refractivity contribution in [2.24, 2.45) is 5.92 Å². The first kappa shape index (κ1) is 10.6. The van der Waals surface area contributed by atoms with Gasteiger partial charge in [-0.05, 0) is 44.4 Å². The van der Waals surface area contributed by atoms with Gasteiger partial charge in [0.05, 0.1) is 0 Å². The van der Waals surface area contributed by atoms with Gasteiger partial charge in [-0.15, -0.1) is 0 Å². The first-order valence-electron chi connectivity index (χ1n) is 5.73. The van der Waals surface area contributed by atoms with Crippen molar-refractivity contribution >= 4 is 0 Å². The summed E-state index contributed by atoms with van der Waals surface area (Å²) >= 11 is 0. The van der Waals surface area contributed by atoms with Gasteiger partial charge >= 0.3 is 0 Å². The number of unbranched alkanes of at least 4 members (excludes halogenated alkanes) is 1. The summed E-state index contributed by atoms with van der Waals surface area (Å²) in [5.74, 6) is 0.969. The van der Waals surface area contributed by atoms with Crippen molar-refractivity contribution < 1.29 is 0 Å². The molecule has 0 saturated heterocycles. The molecule has 0 saturated carbocycles. The van der Waals surface area contributed by atoms with Crippen LogP contribution in [-0.4, -0.2) is 0 Å². The Hall–Kier alpha value is -0.520. The number of rotatable bonds is 5. The van der Waals surface area contributed by atoms with Crippen LogP contribution in [0.3, 0.4) is 0 Å². The van der Waals surface area contributed by atoms with Gasteiger partial charge in [0.1, 0.15) is 0 Å². The summed E-state index contributed by atoms with van der Waals surface area (Å²) in [6.45, 7) is 2.23. The Kier molecular flexibility index (Phi) is 5.64. The fourth-order valence-electron chi connectivity index (χ4n) is 1.85. The molecular weight excluding hydrogens is 156 g/mol. The van der Waals surface area contributed by atoms with Crippen LogP contribution in [0.15, 0.2) is 24.3 Å². The van der Waals surface area contributed by atoms with Crippen molar-refractivity contribution in [3.05, 3.63) is 24.3 Å². The average Bonchev–Trinajstić information content (AvgIpc) is 2.19. The lowest BCUT2D eigenvalue weighted by atomic mass is 9.90. The van der Waals surface area contributed by atoms with E-state index in [1.165, 1.54) is 44.9 Å². The molecule has 0 fully saturated rings. The van der Waals surface area contributed by atoms with E-state index in [1.54, 1.807) is 0 Å². The molecule has 0 nitrogen and oxygen atoms in total. The van der Waals surface area contributed by atoms with Crippen LogP contribution in [0.5, 0.6) is 0 Å². The molecule has 0 aromatic rings. The molecule has 74 valence electrons. The molecule has 1 unspecified atom stereocenters. The topological polar surface area (TPSA) is 0 Å². The predicted octanol–water partition coefficient (Wildman–Crippen LogP) is 4.48. The third-order valence-corrected chi connectivity index (χ3v) is 2.74. The van der Waals surface area contributed by atoms with Gasteiger partial charge in [0, 0.05) is 0 Å². The quantitative estimate of drug-likeness (QED) is 0.544. The maximum Gasteiger partial charge on any atom is -0.0322 e. The van der Waals surface area contributed by atoms with E-state index in [0.717, 1.165) is 5.92 Å². The molecule has 0 aliphatic heterocycles. The fourth-order valence-corrected chi connectivity index (χ4v) is 1.85. The van der Waals surface area contributed by atoms with E-state index < -0.39 is 0 Å². The first-order valence-corrected chi connectivity index (χ1v) is 5.73. The first-order chi connectivity index (χ1) is 6.43. The molecule has 0 aromatic heterocycles. The fraction of sp³-hybridized carbons (Fsp3) is 0.692. The third kappa shape index (κ3) is 4.92. The predicted molar refractivity (Wildman–Crippen MR) is 59.8 cm³/mol. The van der Waals surface area contributed by atoms with Gasteiger partial charge in [-0.1, -0.05) is 37.6 Å². The summed E-state index contributed by atoms with van der Waals surface area (Å²) in [6, 6.07) is 0. The summed E-state index contributed by atoms with van der Waals surface area (Å²) in [4.78, 5) is 0. The molecule has 0 amide bonds. The minimum Gasteiger partial charge on any atom is -0.0885 e. The monoisotopic (exact) mass is 178 g/mol. The summed E-state index contributed by atoms with van der Waals surface area (Å²) in [6.07, 6.45) is 18.6. The smallest absolute Gasteiger partial charge is 0.0322 e. The lowest BCUT2D eigenvalue weighted by molar-refractivity contribution is 0.449. The van der Waals surface area contributed by atoms with Crippen LogP contribution >= 0.6 is 0 Å². The van der Waals surface area contributed by atoms with E-state index >= 15 is 0 Å². The van der Waals surface area contributed by atoms with E-state index in [4.69, 9.17) is 0 Å². The molecule has 0 heterocycles. The van der Waals surface area contributed by atoms with E-state index in [2.05, 4.69) is 31.2 Å². The lowest BCUT2D eigenvalue weighted by Crippen LogP contribution is -2.01. The van der Waals surface area contributed by atoms with Crippen molar-refractivity contribution in [1.29, 1.82) is 0 Å². The number of hydrogen-bond acceptors (Lipinski definition) is 0. The zero-order valence-corrected chi connectivity index (χ0v) is 8.84. The molecule has 0 radical (unpaired) electrons. The highest BCUT2D eigenvalue weighted by Crippen LogP contribution is 2.22. The van der Waals surface area contributed by atoms with E-state index in [-0.39, 0.29) is 0 Å². The standard InChI is InChI=1S/C13H22/c1-2-3-4-5-7-10-13-11-8-6-9-12-13/h4-6,8,13H,2-3,7,9-12H2,1H3/b5-4-. The Morgan fingerprint density at radius 1 is 1.23 bits per heavy atom. The van der Waals surface area contributed by atoms with Crippen LogP contribution in [0.2, 0.25) is 0 Å². The van der Waals surface area contributed by atoms with Crippen molar-refractivity contribution in [3.8, 4) is 0 Å². The van der Waals surface area contributed by atoms with Gasteiger partial charge in [-0.3, -0.25) is 0 Å². The molecule has 0 bridgehead atoms. The van der Waals surface area contributed by atoms with Crippen LogP contribution in [0, 0.1) is 5.92 Å². The van der Waals surface area contributed by atoms with Gasteiger partial charge in [0.25, 0.3) is 0 Å². The molecule has 1 rings (SSSR count). The zero-order valence-electron chi connectivity index (χ0n) is 8.84. The minimum atomic E-state index is 0.969. The Labute approximate surface area is 82.7 Å². The second-order valence-electron chi connectivity index (χ2n) is 3.99. The van der Waals surface area contributed by atoms with E-state index in [0.29, 0.717) is 0 Å². The summed E-state index contributed by atoms with van der Waals surface area (Å²) in [5.41, 5.74) is 0. The van der Waals surface area contributed by atoms with Gasteiger partial charge in [-0.2, -0.15) is 0 Å². The van der Waals surface area contributed by atoms with Gasteiger partial charge in [0.2, 0.25) is 0 Å². The maximum absolute atomic E-state index is 2.36. The molecule has 0 N–H and O–H groups in total. The molecule has 1 aliphatic rings. The van der Waals surface area contributed by atoms with E-state index in [1.807, 2.05) is 0 Å². The summed E-state index contributed by atoms with van der Waals surface area (Å²) in [5, 5.41) is 0. The Bertz CT molecular complexity index is 165. The van der Waals surface area contributed by atoms with Crippen molar-refractivity contribution in [3.63, 3.8) is 0 Å². The molecular formula is C13H22. The molecule has 0 heteroatoms. The molecule has 1 atom stereocenters. The summed E-state index contributed by atoms with van der Waals surface area (Å²) in [7, 11) is 0. The van der Waals surface area contributed by atoms with Crippen LogP contribution in [-0.2, 0) is 0 Å². The molecule has 13 heavy (non-hydrogen) atoms. The van der Waals surface area contributed by atoms with E-state index in [9.17, 15) is 0 Å². The molecule has 1 aliphatic carbocycles. The van der Waals surface area contributed by atoms with Crippen LogP contribution in [0.1, 0.15) is 51.9 Å². The second-order valence-corrected chi connectivity index (χ2v) is 3.99. The lowest BCUT2D eigenvalue weighted by Gasteiger charge is -2.16. The highest BCUT2D eigenvalue weighted by Gasteiger charge is 2.07. The summed E-state index contributed by atoms with van der Waals surface area (Å²) < 4.78 is 0. The van der Waals surface area contributed by atoms with Gasteiger partial charge in [0.15, 0.2) is 0 Å². The SMILES string of the molecule is CCC/C=C\CCC1CC=CCC1. The highest BCUT2D eigenvalue weighted by molar-refractivity contribution is 4.91. The second kappa shape index (κ2) is 6.94. The maximum atomic E-state index is 2.36. The minimum absolute atomic E-state index is 0.969. The van der Waals surface area contributed by atoms with Gasteiger partial charge < -0.3 is 0 Å². The van der Waals surface area contributed by atoms with Crippen LogP contribution in [0.4, 0.5) is 0 Å². The Morgan fingerprint density at radius 3 is 2.77 bits per heavy atom.